The van der Waals surface area contributed by atoms with Crippen molar-refractivity contribution in [2.75, 3.05) is 44.2 Å². The number of halogens is 4. The second-order valence-corrected chi connectivity index (χ2v) is 9.80. The lowest BCUT2D eigenvalue weighted by molar-refractivity contribution is -0.139. The first kappa shape index (κ1) is 27.9. The molecule has 0 radical (unpaired) electrons. The summed E-state index contributed by atoms with van der Waals surface area (Å²) in [6.07, 6.45) is 2.89. The van der Waals surface area contributed by atoms with Crippen LogP contribution in [-0.2, 0) is 10.2 Å². The Morgan fingerprint density at radius 2 is 1.86 bits per heavy atom. The van der Waals surface area contributed by atoms with Gasteiger partial charge in [0.1, 0.15) is 18.0 Å². The number of hydrogen-bond donors (Lipinski definition) is 2. The van der Waals surface area contributed by atoms with Gasteiger partial charge >= 0.3 is 0 Å². The number of hydrogen-bond acceptors (Lipinski definition) is 6. The summed E-state index contributed by atoms with van der Waals surface area (Å²) in [7, 11) is 0. The summed E-state index contributed by atoms with van der Waals surface area (Å²) < 4.78 is 14.3. The van der Waals surface area contributed by atoms with Gasteiger partial charge in [0.25, 0.3) is 0 Å². The molecule has 1 aromatic carbocycles. The van der Waals surface area contributed by atoms with E-state index in [0.717, 1.165) is 17.1 Å². The molecule has 0 bridgehead atoms. The molecule has 35 heavy (non-hydrogen) atoms. The lowest BCUT2D eigenvalue weighted by atomic mass is 9.72. The van der Waals surface area contributed by atoms with E-state index in [2.05, 4.69) is 27.1 Å². The first-order valence-electron chi connectivity index (χ1n) is 11.6. The topological polar surface area (TPSA) is 81.6 Å². The number of carbonyl (C=O) groups is 1. The van der Waals surface area contributed by atoms with Gasteiger partial charge in [-0.25, -0.2) is 14.4 Å². The Labute approximate surface area is 222 Å². The Kier molecular flexibility index (Phi) is 8.86. The van der Waals surface area contributed by atoms with Gasteiger partial charge in [-0.3, -0.25) is 4.79 Å². The summed E-state index contributed by atoms with van der Waals surface area (Å²) in [6.45, 7) is 5.96. The number of anilines is 1. The third kappa shape index (κ3) is 4.96. The first-order chi connectivity index (χ1) is 15.9. The second-order valence-electron chi connectivity index (χ2n) is 9.39. The summed E-state index contributed by atoms with van der Waals surface area (Å²) in [6, 6.07) is 4.77. The SMILES string of the molecule is C[C@@H]1C[C@@H](O)c2ncnc(N3CCN(C(=O)C4(c5ccc(Cl)c(F)c5)CCNCC4)CC3)c21.Cl.Cl. The summed E-state index contributed by atoms with van der Waals surface area (Å²) in [5.74, 6) is 0.636. The van der Waals surface area contributed by atoms with Crippen LogP contribution in [0.2, 0.25) is 5.02 Å². The van der Waals surface area contributed by atoms with Crippen molar-refractivity contribution in [2.24, 2.45) is 0 Å². The van der Waals surface area contributed by atoms with Crippen molar-refractivity contribution in [3.8, 4) is 0 Å². The lowest BCUT2D eigenvalue weighted by Crippen LogP contribution is -2.57. The van der Waals surface area contributed by atoms with Crippen LogP contribution in [0.15, 0.2) is 24.5 Å². The van der Waals surface area contributed by atoms with Crippen LogP contribution in [0.1, 0.15) is 55.0 Å². The minimum atomic E-state index is -0.742. The van der Waals surface area contributed by atoms with Gasteiger partial charge in [-0.2, -0.15) is 0 Å². The van der Waals surface area contributed by atoms with E-state index in [1.807, 2.05) is 4.90 Å². The molecule has 1 amide bonds. The summed E-state index contributed by atoms with van der Waals surface area (Å²) in [5, 5.41) is 13.7. The van der Waals surface area contributed by atoms with Gasteiger partial charge in [0.05, 0.1) is 22.2 Å². The van der Waals surface area contributed by atoms with Crippen molar-refractivity contribution in [1.29, 1.82) is 0 Å². The molecule has 0 unspecified atom stereocenters. The van der Waals surface area contributed by atoms with Crippen molar-refractivity contribution in [1.82, 2.24) is 20.2 Å². The van der Waals surface area contributed by atoms with Crippen LogP contribution in [0.3, 0.4) is 0 Å². The van der Waals surface area contributed by atoms with Gasteiger partial charge in [0.2, 0.25) is 5.91 Å². The fourth-order valence-corrected chi connectivity index (χ4v) is 5.77. The highest BCUT2D eigenvalue weighted by atomic mass is 35.5. The predicted octanol–water partition coefficient (Wildman–Crippen LogP) is 3.62. The van der Waals surface area contributed by atoms with E-state index in [9.17, 15) is 14.3 Å². The van der Waals surface area contributed by atoms with E-state index in [1.165, 1.54) is 12.4 Å². The quantitative estimate of drug-likeness (QED) is 0.612. The van der Waals surface area contributed by atoms with Crippen LogP contribution < -0.4 is 10.2 Å². The van der Waals surface area contributed by atoms with Crippen molar-refractivity contribution >= 4 is 48.1 Å². The molecule has 0 spiro atoms. The molecule has 2 aliphatic heterocycles. The molecule has 0 saturated carbocycles. The third-order valence-corrected chi connectivity index (χ3v) is 7.79. The smallest absolute Gasteiger partial charge is 0.233 e. The Hall–Kier alpha value is -1.71. The van der Waals surface area contributed by atoms with Gasteiger partial charge in [0, 0.05) is 31.7 Å². The van der Waals surface area contributed by atoms with Crippen molar-refractivity contribution in [3.05, 3.63) is 52.2 Å². The number of aliphatic hydroxyl groups excluding tert-OH is 1. The number of nitrogens with zero attached hydrogens (tertiary/aromatic N) is 4. The highest BCUT2D eigenvalue weighted by molar-refractivity contribution is 6.30. The largest absolute Gasteiger partial charge is 0.387 e. The normalized spacial score (nSPS) is 23.2. The molecule has 192 valence electrons. The van der Waals surface area contributed by atoms with E-state index < -0.39 is 17.3 Å². The van der Waals surface area contributed by atoms with E-state index >= 15 is 0 Å². The zero-order chi connectivity index (χ0) is 23.2. The van der Waals surface area contributed by atoms with Crippen LogP contribution in [-0.4, -0.2) is 65.2 Å². The Balaban J connectivity index is 0.00000171. The van der Waals surface area contributed by atoms with Gasteiger partial charge in [-0.1, -0.05) is 24.6 Å². The van der Waals surface area contributed by atoms with E-state index in [1.54, 1.807) is 12.1 Å². The maximum atomic E-state index is 14.3. The maximum absolute atomic E-state index is 14.3. The molecule has 2 aromatic rings. The van der Waals surface area contributed by atoms with Gasteiger partial charge in [0.15, 0.2) is 0 Å². The molecule has 1 aromatic heterocycles. The molecular weight excluding hydrogens is 516 g/mol. The van der Waals surface area contributed by atoms with Crippen LogP contribution in [0.5, 0.6) is 0 Å². The summed E-state index contributed by atoms with van der Waals surface area (Å²) in [4.78, 5) is 26.8. The number of rotatable bonds is 3. The number of fused-ring (bicyclic) bond motifs is 1. The number of piperidine rings is 1. The minimum absolute atomic E-state index is 0. The molecule has 5 rings (SSSR count). The van der Waals surface area contributed by atoms with Crippen LogP contribution in [0, 0.1) is 5.82 Å². The number of nitrogens with one attached hydrogen (secondary N) is 1. The Bertz CT molecular complexity index is 1060. The molecule has 2 N–H and O–H groups in total. The molecule has 2 atom stereocenters. The number of benzene rings is 1. The Morgan fingerprint density at radius 3 is 2.51 bits per heavy atom. The average Bonchev–Trinajstić information content (AvgIpc) is 3.14. The average molecular weight is 547 g/mol. The van der Waals surface area contributed by atoms with Gasteiger partial charge in [-0.15, -0.1) is 24.8 Å². The molecule has 7 nitrogen and oxygen atoms in total. The van der Waals surface area contributed by atoms with Crippen molar-refractivity contribution < 1.29 is 14.3 Å². The highest BCUT2D eigenvalue weighted by Gasteiger charge is 2.45. The minimum Gasteiger partial charge on any atom is -0.387 e. The van der Waals surface area contributed by atoms with Crippen molar-refractivity contribution in [3.63, 3.8) is 0 Å². The molecule has 1 aliphatic carbocycles. The summed E-state index contributed by atoms with van der Waals surface area (Å²) in [5.41, 5.74) is 1.71. The van der Waals surface area contributed by atoms with Gasteiger partial charge < -0.3 is 20.2 Å². The van der Waals surface area contributed by atoms with Crippen molar-refractivity contribution in [2.45, 2.75) is 43.6 Å². The zero-order valence-corrected chi connectivity index (χ0v) is 21.9. The van der Waals surface area contributed by atoms with Crippen LogP contribution in [0.25, 0.3) is 0 Å². The molecule has 2 saturated heterocycles. The third-order valence-electron chi connectivity index (χ3n) is 7.48. The second kappa shape index (κ2) is 11.1. The van der Waals surface area contributed by atoms with Crippen LogP contribution >= 0.6 is 36.4 Å². The van der Waals surface area contributed by atoms with Gasteiger partial charge in [-0.05, 0) is 56.0 Å². The monoisotopic (exact) mass is 545 g/mol. The number of carbonyl (C=O) groups excluding carboxylic acids is 1. The van der Waals surface area contributed by atoms with Crippen LogP contribution in [0.4, 0.5) is 10.2 Å². The molecule has 11 heteroatoms. The van der Waals surface area contributed by atoms with E-state index in [-0.39, 0.29) is 41.7 Å². The molecule has 3 heterocycles. The Morgan fingerprint density at radius 1 is 1.17 bits per heavy atom. The molecule has 2 fully saturated rings. The predicted molar refractivity (Wildman–Crippen MR) is 139 cm³/mol. The fourth-order valence-electron chi connectivity index (χ4n) is 5.65. The number of piperazine rings is 1. The standard InChI is InChI=1S/C24H29ClFN5O2.2ClH/c1-15-12-19(32)21-20(15)22(29-14-28-21)30-8-10-31(11-9-30)23(33)24(4-6-27-7-5-24)16-2-3-17(25)18(26)13-16;;/h2-3,13-15,19,27,32H,4-12H2,1H3;2*1H/t15-,19-;;/m1../s1. The van der Waals surface area contributed by atoms with E-state index in [0.29, 0.717) is 64.1 Å². The fraction of sp³-hybridized carbons (Fsp3) is 0.542. The molecular formula is C24H31Cl3FN5O2. The maximum Gasteiger partial charge on any atom is 0.233 e. The number of aliphatic hydroxyl groups is 1. The molecule has 3 aliphatic rings. The number of aromatic nitrogens is 2. The lowest BCUT2D eigenvalue weighted by Gasteiger charge is -2.43. The highest BCUT2D eigenvalue weighted by Crippen LogP contribution is 2.43. The van der Waals surface area contributed by atoms with E-state index in [4.69, 9.17) is 11.6 Å². The first-order valence-corrected chi connectivity index (χ1v) is 12.0. The number of amides is 1. The summed E-state index contributed by atoms with van der Waals surface area (Å²) >= 11 is 5.91. The zero-order valence-electron chi connectivity index (χ0n) is 19.5.